The van der Waals surface area contributed by atoms with E-state index in [0.29, 0.717) is 19.3 Å². The zero-order valence-corrected chi connectivity index (χ0v) is 42.0. The molecule has 0 aromatic rings. The first-order chi connectivity index (χ1) is 32.0. The monoisotopic (exact) mass is 901 g/mol. The minimum atomic E-state index is -0.791. The minimum absolute atomic E-state index is 0.0912. The fourth-order valence-corrected chi connectivity index (χ4v) is 6.81. The van der Waals surface area contributed by atoms with E-state index in [4.69, 9.17) is 14.2 Å². The van der Waals surface area contributed by atoms with Crippen molar-refractivity contribution in [2.45, 2.75) is 232 Å². The van der Waals surface area contributed by atoms with Gasteiger partial charge < -0.3 is 14.2 Å². The molecule has 0 rings (SSSR count). The van der Waals surface area contributed by atoms with Crippen molar-refractivity contribution in [3.05, 3.63) is 109 Å². The maximum atomic E-state index is 12.7. The van der Waals surface area contributed by atoms with Gasteiger partial charge in [0.25, 0.3) is 0 Å². The molecule has 1 unspecified atom stereocenters. The predicted octanol–water partition coefficient (Wildman–Crippen LogP) is 17.5. The van der Waals surface area contributed by atoms with Crippen molar-refractivity contribution in [2.24, 2.45) is 0 Å². The zero-order valence-electron chi connectivity index (χ0n) is 42.0. The number of ether oxygens (including phenoxy) is 3. The zero-order chi connectivity index (χ0) is 47.2. The molecule has 0 N–H and O–H groups in total. The van der Waals surface area contributed by atoms with Gasteiger partial charge in [-0.2, -0.15) is 0 Å². The Morgan fingerprint density at radius 1 is 0.323 bits per heavy atom. The molecule has 368 valence electrons. The van der Waals surface area contributed by atoms with Gasteiger partial charge in [0.05, 0.1) is 0 Å². The predicted molar refractivity (Wildman–Crippen MR) is 279 cm³/mol. The van der Waals surface area contributed by atoms with Gasteiger partial charge in [-0.15, -0.1) is 0 Å². The van der Waals surface area contributed by atoms with E-state index in [0.717, 1.165) is 154 Å². The summed E-state index contributed by atoms with van der Waals surface area (Å²) < 4.78 is 16.7. The summed E-state index contributed by atoms with van der Waals surface area (Å²) in [6.45, 7) is 6.37. The second-order valence-corrected chi connectivity index (χ2v) is 17.1. The molecule has 0 aromatic carbocycles. The smallest absolute Gasteiger partial charge is 0.306 e. The normalized spacial score (nSPS) is 13.0. The minimum Gasteiger partial charge on any atom is -0.462 e. The highest BCUT2D eigenvalue weighted by atomic mass is 16.6. The van der Waals surface area contributed by atoms with Crippen LogP contribution in [0.15, 0.2) is 109 Å². The summed E-state index contributed by atoms with van der Waals surface area (Å²) in [5, 5.41) is 0. The maximum absolute atomic E-state index is 12.7. The van der Waals surface area contributed by atoms with Crippen LogP contribution in [0.2, 0.25) is 0 Å². The van der Waals surface area contributed by atoms with Crippen molar-refractivity contribution in [1.82, 2.24) is 0 Å². The van der Waals surface area contributed by atoms with Gasteiger partial charge in [0.2, 0.25) is 0 Å². The van der Waals surface area contributed by atoms with Crippen LogP contribution in [0.25, 0.3) is 0 Å². The number of carbonyl (C=O) groups excluding carboxylic acids is 3. The second kappa shape index (κ2) is 52.7. The lowest BCUT2D eigenvalue weighted by Gasteiger charge is -2.18. The van der Waals surface area contributed by atoms with Crippen LogP contribution in [0.4, 0.5) is 0 Å². The third kappa shape index (κ3) is 50.9. The Morgan fingerprint density at radius 2 is 0.631 bits per heavy atom. The number of hydrogen-bond donors (Lipinski definition) is 0. The molecular weight excluding hydrogens is 805 g/mol. The average Bonchev–Trinajstić information content (AvgIpc) is 3.30. The first kappa shape index (κ1) is 61.1. The lowest BCUT2D eigenvalue weighted by Crippen LogP contribution is -2.30. The van der Waals surface area contributed by atoms with E-state index in [9.17, 15) is 14.4 Å². The number of allylic oxidation sites excluding steroid dienone is 18. The molecule has 0 saturated carbocycles. The highest BCUT2D eigenvalue weighted by Gasteiger charge is 2.19. The van der Waals surface area contributed by atoms with Crippen LogP contribution in [0.3, 0.4) is 0 Å². The molecule has 65 heavy (non-hydrogen) atoms. The van der Waals surface area contributed by atoms with Gasteiger partial charge >= 0.3 is 17.9 Å². The summed E-state index contributed by atoms with van der Waals surface area (Å²) in [5.74, 6) is -0.938. The Labute approximate surface area is 400 Å². The quantitative estimate of drug-likeness (QED) is 0.0262. The molecule has 0 aromatic heterocycles. The lowest BCUT2D eigenvalue weighted by molar-refractivity contribution is -0.167. The van der Waals surface area contributed by atoms with Crippen molar-refractivity contribution in [3.63, 3.8) is 0 Å². The summed E-state index contributed by atoms with van der Waals surface area (Å²) >= 11 is 0. The molecule has 0 aliphatic carbocycles. The first-order valence-corrected chi connectivity index (χ1v) is 26.4. The summed E-state index contributed by atoms with van der Waals surface area (Å²) in [6.07, 6.45) is 70.9. The Balaban J connectivity index is 4.26. The van der Waals surface area contributed by atoms with Gasteiger partial charge in [0.15, 0.2) is 6.10 Å². The van der Waals surface area contributed by atoms with Crippen molar-refractivity contribution in [2.75, 3.05) is 13.2 Å². The van der Waals surface area contributed by atoms with Crippen LogP contribution < -0.4 is 0 Å². The molecule has 0 saturated heterocycles. The highest BCUT2D eigenvalue weighted by Crippen LogP contribution is 2.13. The van der Waals surface area contributed by atoms with Gasteiger partial charge in [0.1, 0.15) is 13.2 Å². The summed E-state index contributed by atoms with van der Waals surface area (Å²) in [5.41, 5.74) is 0. The van der Waals surface area contributed by atoms with E-state index in [1.165, 1.54) is 32.1 Å². The van der Waals surface area contributed by atoms with E-state index in [-0.39, 0.29) is 31.1 Å². The summed E-state index contributed by atoms with van der Waals surface area (Å²) in [7, 11) is 0. The van der Waals surface area contributed by atoms with Gasteiger partial charge in [0, 0.05) is 19.3 Å². The summed E-state index contributed by atoms with van der Waals surface area (Å²) in [4.78, 5) is 37.8. The Hall–Kier alpha value is -3.93. The third-order valence-electron chi connectivity index (χ3n) is 10.7. The van der Waals surface area contributed by atoms with E-state index in [1.807, 2.05) is 0 Å². The van der Waals surface area contributed by atoms with Crippen LogP contribution in [0.1, 0.15) is 226 Å². The van der Waals surface area contributed by atoms with Gasteiger partial charge in [-0.25, -0.2) is 0 Å². The average molecular weight is 901 g/mol. The van der Waals surface area contributed by atoms with E-state index in [2.05, 4.69) is 130 Å². The Morgan fingerprint density at radius 3 is 1.00 bits per heavy atom. The Bertz CT molecular complexity index is 1360. The van der Waals surface area contributed by atoms with Crippen LogP contribution >= 0.6 is 0 Å². The maximum Gasteiger partial charge on any atom is 0.306 e. The number of carbonyl (C=O) groups is 3. The third-order valence-corrected chi connectivity index (χ3v) is 10.7. The van der Waals surface area contributed by atoms with Gasteiger partial charge in [-0.05, 0) is 103 Å². The van der Waals surface area contributed by atoms with Crippen molar-refractivity contribution in [3.8, 4) is 0 Å². The molecule has 1 atom stereocenters. The summed E-state index contributed by atoms with van der Waals surface area (Å²) in [6, 6.07) is 0. The van der Waals surface area contributed by atoms with Gasteiger partial charge in [-0.3, -0.25) is 14.4 Å². The standard InChI is InChI=1S/C59H96O6/c1-4-7-10-13-16-18-20-22-23-24-25-26-27-28-29-30-31-32-33-34-35-37-38-40-43-46-49-52-58(61)64-55-56(54-63-57(60)51-48-45-42-15-12-9-6-3)65-59(62)53-50-47-44-41-39-36-21-19-17-14-11-8-5-2/h7,10-11,14,16,18-19,21-23,25-26,28-29,31-32,34-35,56H,4-6,8-9,12-13,15,17,20,24,27,30,33,36-55H2,1-3H3/b10-7-,14-11-,18-16-,21-19-,23-22-,26-25-,29-28-,32-31-,35-34-. The highest BCUT2D eigenvalue weighted by molar-refractivity contribution is 5.71. The van der Waals surface area contributed by atoms with E-state index >= 15 is 0 Å². The van der Waals surface area contributed by atoms with Crippen molar-refractivity contribution in [1.29, 1.82) is 0 Å². The van der Waals surface area contributed by atoms with Crippen molar-refractivity contribution >= 4 is 17.9 Å². The van der Waals surface area contributed by atoms with Crippen molar-refractivity contribution < 1.29 is 28.6 Å². The molecule has 0 fully saturated rings. The van der Waals surface area contributed by atoms with Crippen LogP contribution in [-0.4, -0.2) is 37.2 Å². The SMILES string of the molecule is CC/C=C\C/C=C\C/C=C\C/C=C\C/C=C\C/C=C\C/C=C\CCCCCCCC(=O)OCC(COC(=O)CCCCCCCCC)OC(=O)CCCCCCC/C=C\C/C=C\CCC. The molecule has 0 radical (unpaired) electrons. The molecular formula is C59H96O6. The lowest BCUT2D eigenvalue weighted by atomic mass is 10.1. The molecule has 0 spiro atoms. The molecule has 0 aliphatic heterocycles. The number of rotatable bonds is 46. The molecule has 6 heteroatoms. The fourth-order valence-electron chi connectivity index (χ4n) is 6.81. The topological polar surface area (TPSA) is 78.9 Å². The van der Waals surface area contributed by atoms with Crippen LogP contribution in [-0.2, 0) is 28.6 Å². The van der Waals surface area contributed by atoms with Crippen LogP contribution in [0.5, 0.6) is 0 Å². The molecule has 0 amide bonds. The van der Waals surface area contributed by atoms with E-state index in [1.54, 1.807) is 0 Å². The Kier molecular flexibility index (Phi) is 49.5. The number of hydrogen-bond acceptors (Lipinski definition) is 6. The molecule has 0 bridgehead atoms. The van der Waals surface area contributed by atoms with Crippen LogP contribution in [0, 0.1) is 0 Å². The largest absolute Gasteiger partial charge is 0.462 e. The molecule has 0 heterocycles. The fraction of sp³-hybridized carbons (Fsp3) is 0.644. The van der Waals surface area contributed by atoms with E-state index < -0.39 is 6.10 Å². The van der Waals surface area contributed by atoms with Gasteiger partial charge in [-0.1, -0.05) is 214 Å². The molecule has 6 nitrogen and oxygen atoms in total. The first-order valence-electron chi connectivity index (χ1n) is 26.4. The molecule has 0 aliphatic rings. The number of unbranched alkanes of at least 4 members (excludes halogenated alkanes) is 17. The second-order valence-electron chi connectivity index (χ2n) is 17.1. The number of esters is 3.